The van der Waals surface area contributed by atoms with E-state index in [0.29, 0.717) is 5.56 Å². The lowest BCUT2D eigenvalue weighted by atomic mass is 9.94. The summed E-state index contributed by atoms with van der Waals surface area (Å²) in [5.74, 6) is -2.67. The third kappa shape index (κ3) is 4.56. The number of sulfone groups is 1. The second-order valence-corrected chi connectivity index (χ2v) is 7.36. The molecule has 0 aromatic heterocycles. The summed E-state index contributed by atoms with van der Waals surface area (Å²) in [7, 11) is -3.54. The summed E-state index contributed by atoms with van der Waals surface area (Å²) in [4.78, 5) is 23.2. The van der Waals surface area contributed by atoms with Crippen LogP contribution in [0.15, 0.2) is 30.3 Å². The first kappa shape index (κ1) is 17.2. The fourth-order valence-corrected chi connectivity index (χ4v) is 2.22. The molecule has 0 saturated heterocycles. The molecule has 116 valence electrons. The normalized spacial score (nSPS) is 15.8. The number of amides is 1. The SMILES string of the molecule is CC(C(=O)O)C(NC(=O)C(C)S(C)(=O)=O)c1ccccc1. The molecule has 1 amide bonds. The van der Waals surface area contributed by atoms with Crippen LogP contribution >= 0.6 is 0 Å². The van der Waals surface area contributed by atoms with Crippen molar-refractivity contribution in [2.75, 3.05) is 6.26 Å². The Morgan fingerprint density at radius 3 is 2.10 bits per heavy atom. The molecule has 3 atom stereocenters. The van der Waals surface area contributed by atoms with Crippen LogP contribution in [0, 0.1) is 5.92 Å². The van der Waals surface area contributed by atoms with Crippen LogP contribution in [0.1, 0.15) is 25.5 Å². The summed E-state index contributed by atoms with van der Waals surface area (Å²) in [6, 6.07) is 7.81. The molecule has 0 radical (unpaired) electrons. The van der Waals surface area contributed by atoms with Gasteiger partial charge in [-0.15, -0.1) is 0 Å². The lowest BCUT2D eigenvalue weighted by Crippen LogP contribution is -2.42. The maximum atomic E-state index is 12.0. The molecule has 0 bridgehead atoms. The molecule has 0 aliphatic rings. The van der Waals surface area contributed by atoms with Gasteiger partial charge in [0, 0.05) is 6.26 Å². The zero-order chi connectivity index (χ0) is 16.2. The molecule has 0 heterocycles. The molecule has 1 rings (SSSR count). The summed E-state index contributed by atoms with van der Waals surface area (Å²) >= 11 is 0. The average molecular weight is 313 g/mol. The average Bonchev–Trinajstić information content (AvgIpc) is 2.42. The van der Waals surface area contributed by atoms with Crippen molar-refractivity contribution in [1.29, 1.82) is 0 Å². The number of aliphatic carboxylic acids is 1. The van der Waals surface area contributed by atoms with Crippen LogP contribution in [0.5, 0.6) is 0 Å². The van der Waals surface area contributed by atoms with Crippen LogP contribution in [0.2, 0.25) is 0 Å². The molecule has 0 aliphatic heterocycles. The number of carbonyl (C=O) groups excluding carboxylic acids is 1. The Kier molecular flexibility index (Phi) is 5.48. The molecule has 6 nitrogen and oxygen atoms in total. The molecular weight excluding hydrogens is 294 g/mol. The lowest BCUT2D eigenvalue weighted by molar-refractivity contribution is -0.142. The van der Waals surface area contributed by atoms with Gasteiger partial charge in [-0.05, 0) is 19.4 Å². The number of nitrogens with one attached hydrogen (secondary N) is 1. The van der Waals surface area contributed by atoms with E-state index in [4.69, 9.17) is 5.11 Å². The number of carbonyl (C=O) groups is 2. The first-order chi connectivity index (χ1) is 9.64. The molecule has 0 aliphatic carbocycles. The Bertz CT molecular complexity index is 612. The van der Waals surface area contributed by atoms with Crippen molar-refractivity contribution >= 4 is 21.7 Å². The van der Waals surface area contributed by atoms with E-state index < -0.39 is 38.9 Å². The maximum Gasteiger partial charge on any atom is 0.308 e. The third-order valence-corrected chi connectivity index (χ3v) is 4.86. The van der Waals surface area contributed by atoms with E-state index in [-0.39, 0.29) is 0 Å². The largest absolute Gasteiger partial charge is 0.481 e. The van der Waals surface area contributed by atoms with Gasteiger partial charge < -0.3 is 10.4 Å². The fraction of sp³-hybridized carbons (Fsp3) is 0.429. The van der Waals surface area contributed by atoms with Crippen molar-refractivity contribution in [1.82, 2.24) is 5.32 Å². The van der Waals surface area contributed by atoms with Crippen LogP contribution in [-0.2, 0) is 19.4 Å². The van der Waals surface area contributed by atoms with Gasteiger partial charge in [-0.2, -0.15) is 0 Å². The fourth-order valence-electron chi connectivity index (χ4n) is 1.77. The predicted molar refractivity (Wildman–Crippen MR) is 78.4 cm³/mol. The van der Waals surface area contributed by atoms with Crippen molar-refractivity contribution < 1.29 is 23.1 Å². The van der Waals surface area contributed by atoms with Gasteiger partial charge >= 0.3 is 5.97 Å². The van der Waals surface area contributed by atoms with Crippen molar-refractivity contribution in [3.63, 3.8) is 0 Å². The highest BCUT2D eigenvalue weighted by Crippen LogP contribution is 2.22. The summed E-state index contributed by atoms with van der Waals surface area (Å²) in [6.07, 6.45) is 0.968. The number of rotatable bonds is 6. The minimum atomic E-state index is -3.54. The summed E-state index contributed by atoms with van der Waals surface area (Å²) < 4.78 is 22.8. The van der Waals surface area contributed by atoms with Crippen LogP contribution < -0.4 is 5.32 Å². The van der Waals surface area contributed by atoms with E-state index in [1.165, 1.54) is 13.8 Å². The van der Waals surface area contributed by atoms with Gasteiger partial charge in [0.15, 0.2) is 9.84 Å². The van der Waals surface area contributed by atoms with Crippen LogP contribution in [-0.4, -0.2) is 36.9 Å². The summed E-state index contributed by atoms with van der Waals surface area (Å²) in [5.41, 5.74) is 0.612. The monoisotopic (exact) mass is 313 g/mol. The molecule has 0 spiro atoms. The zero-order valence-corrected chi connectivity index (χ0v) is 12.9. The second kappa shape index (κ2) is 6.71. The first-order valence-corrected chi connectivity index (χ1v) is 8.37. The Labute approximate surface area is 124 Å². The summed E-state index contributed by atoms with van der Waals surface area (Å²) in [6.45, 7) is 2.74. The maximum absolute atomic E-state index is 12.0. The van der Waals surface area contributed by atoms with Gasteiger partial charge in [0.05, 0.1) is 12.0 Å². The van der Waals surface area contributed by atoms with E-state index in [9.17, 15) is 18.0 Å². The lowest BCUT2D eigenvalue weighted by Gasteiger charge is -2.24. The Hall–Kier alpha value is -1.89. The van der Waals surface area contributed by atoms with Crippen LogP contribution in [0.4, 0.5) is 0 Å². The van der Waals surface area contributed by atoms with E-state index in [1.807, 2.05) is 0 Å². The third-order valence-electron chi connectivity index (χ3n) is 3.36. The van der Waals surface area contributed by atoms with Crippen molar-refractivity contribution in [2.24, 2.45) is 5.92 Å². The second-order valence-electron chi connectivity index (χ2n) is 5.00. The Morgan fingerprint density at radius 2 is 1.67 bits per heavy atom. The standard InChI is InChI=1S/C14H19NO5S/c1-9(14(17)18)12(11-7-5-4-6-8-11)15-13(16)10(2)21(3,19)20/h4-10,12H,1-3H3,(H,15,16)(H,17,18). The van der Waals surface area contributed by atoms with E-state index in [0.717, 1.165) is 6.26 Å². The highest BCUT2D eigenvalue weighted by Gasteiger charge is 2.31. The van der Waals surface area contributed by atoms with Crippen molar-refractivity contribution in [3.05, 3.63) is 35.9 Å². The van der Waals surface area contributed by atoms with Gasteiger partial charge in [-0.3, -0.25) is 9.59 Å². The highest BCUT2D eigenvalue weighted by molar-refractivity contribution is 7.92. The molecular formula is C14H19NO5S. The van der Waals surface area contributed by atoms with E-state index in [2.05, 4.69) is 5.32 Å². The van der Waals surface area contributed by atoms with Gasteiger partial charge in [-0.1, -0.05) is 30.3 Å². The van der Waals surface area contributed by atoms with Crippen LogP contribution in [0.3, 0.4) is 0 Å². The predicted octanol–water partition coefficient (Wildman–Crippen LogP) is 0.998. The quantitative estimate of drug-likeness (QED) is 0.816. The minimum absolute atomic E-state index is 0.612. The van der Waals surface area contributed by atoms with Gasteiger partial charge in [0.1, 0.15) is 5.25 Å². The highest BCUT2D eigenvalue weighted by atomic mass is 32.2. The number of carboxylic acid groups (broad SMARTS) is 1. The number of benzene rings is 1. The molecule has 1 aromatic carbocycles. The molecule has 21 heavy (non-hydrogen) atoms. The van der Waals surface area contributed by atoms with Crippen molar-refractivity contribution in [2.45, 2.75) is 25.1 Å². The Morgan fingerprint density at radius 1 is 1.14 bits per heavy atom. The smallest absolute Gasteiger partial charge is 0.308 e. The number of hydrogen-bond donors (Lipinski definition) is 2. The van der Waals surface area contributed by atoms with Gasteiger partial charge in [-0.25, -0.2) is 8.42 Å². The molecule has 0 fully saturated rings. The minimum Gasteiger partial charge on any atom is -0.481 e. The summed E-state index contributed by atoms with van der Waals surface area (Å²) in [5, 5.41) is 10.4. The molecule has 0 saturated carbocycles. The molecule has 7 heteroatoms. The van der Waals surface area contributed by atoms with Gasteiger partial charge in [0.25, 0.3) is 0 Å². The molecule has 2 N–H and O–H groups in total. The van der Waals surface area contributed by atoms with E-state index >= 15 is 0 Å². The topological polar surface area (TPSA) is 101 Å². The molecule has 1 aromatic rings. The number of hydrogen-bond acceptors (Lipinski definition) is 4. The number of carboxylic acids is 1. The van der Waals surface area contributed by atoms with E-state index in [1.54, 1.807) is 30.3 Å². The molecule has 3 unspecified atom stereocenters. The Balaban J connectivity index is 3.05. The van der Waals surface area contributed by atoms with Crippen LogP contribution in [0.25, 0.3) is 0 Å². The van der Waals surface area contributed by atoms with Crippen molar-refractivity contribution in [3.8, 4) is 0 Å². The first-order valence-electron chi connectivity index (χ1n) is 6.41. The van der Waals surface area contributed by atoms with Gasteiger partial charge in [0.2, 0.25) is 5.91 Å². The zero-order valence-electron chi connectivity index (χ0n) is 12.1.